The maximum absolute atomic E-state index is 13.8. The average molecular weight is 521 g/mol. The van der Waals surface area contributed by atoms with E-state index in [1.165, 1.54) is 6.07 Å². The minimum absolute atomic E-state index is 0.0574. The summed E-state index contributed by atoms with van der Waals surface area (Å²) in [4.78, 5) is 11.0. The monoisotopic (exact) mass is 520 g/mol. The van der Waals surface area contributed by atoms with E-state index < -0.39 is 17.7 Å². The van der Waals surface area contributed by atoms with Gasteiger partial charge in [0.15, 0.2) is 0 Å². The quantitative estimate of drug-likeness (QED) is 0.156. The van der Waals surface area contributed by atoms with E-state index in [0.29, 0.717) is 48.0 Å². The van der Waals surface area contributed by atoms with Gasteiger partial charge in [-0.25, -0.2) is 4.79 Å². The Kier molecular flexibility index (Phi) is 10.2. The number of hydrogen-bond donors (Lipinski definition) is 2. The molecule has 200 valence electrons. The summed E-state index contributed by atoms with van der Waals surface area (Å²) in [6.07, 6.45) is -0.673. The summed E-state index contributed by atoms with van der Waals surface area (Å²) < 4.78 is 57.9. The molecule has 1 aromatic heterocycles. The third-order valence-corrected chi connectivity index (χ3v) is 5.93. The summed E-state index contributed by atoms with van der Waals surface area (Å²) in [7, 11) is 0. The predicted octanol–water partition coefficient (Wildman–Crippen LogP) is 5.93. The number of esters is 1. The van der Waals surface area contributed by atoms with Crippen LogP contribution in [0.1, 0.15) is 36.8 Å². The molecule has 9 heteroatoms. The molecule has 0 aliphatic carbocycles. The molecule has 0 aliphatic heterocycles. The number of furan rings is 1. The van der Waals surface area contributed by atoms with Crippen LogP contribution in [0.25, 0.3) is 22.3 Å². The molecule has 0 saturated heterocycles. The highest BCUT2D eigenvalue weighted by Gasteiger charge is 2.34. The molecule has 3 rings (SSSR count). The number of carbonyl (C=O) groups excluding carboxylic acids is 1. The van der Waals surface area contributed by atoms with Crippen LogP contribution in [0.15, 0.2) is 59.5 Å². The van der Waals surface area contributed by atoms with E-state index in [0.717, 1.165) is 18.6 Å². The van der Waals surface area contributed by atoms with Crippen LogP contribution in [-0.2, 0) is 22.1 Å². The molecule has 0 saturated carbocycles. The lowest BCUT2D eigenvalue weighted by Gasteiger charge is -2.15. The Morgan fingerprint density at radius 2 is 1.89 bits per heavy atom. The first-order valence-corrected chi connectivity index (χ1v) is 12.1. The highest BCUT2D eigenvalue weighted by molar-refractivity contribution is 5.84. The number of hydrogen-bond acceptors (Lipinski definition) is 6. The number of halogens is 3. The van der Waals surface area contributed by atoms with Gasteiger partial charge < -0.3 is 24.1 Å². The number of alkyl halides is 3. The van der Waals surface area contributed by atoms with Gasteiger partial charge in [0.2, 0.25) is 0 Å². The minimum Gasteiger partial charge on any atom is -0.493 e. The number of unbranched alkanes of at least 4 members (excludes halogenated alkanes) is 1. The number of benzene rings is 2. The molecular weight excluding hydrogens is 489 g/mol. The normalized spacial score (nSPS) is 12.5. The number of aliphatic hydroxyl groups is 2. The Bertz CT molecular complexity index is 1180. The Hall–Kier alpha value is -3.30. The first-order valence-electron chi connectivity index (χ1n) is 12.1. The lowest BCUT2D eigenvalue weighted by molar-refractivity contribution is -0.138. The first-order chi connectivity index (χ1) is 17.7. The molecule has 37 heavy (non-hydrogen) atoms. The molecule has 1 unspecified atom stereocenters. The van der Waals surface area contributed by atoms with E-state index >= 15 is 0 Å². The summed E-state index contributed by atoms with van der Waals surface area (Å²) in [5, 5.41) is 19.3. The van der Waals surface area contributed by atoms with Gasteiger partial charge in [-0.2, -0.15) is 13.2 Å². The Morgan fingerprint density at radius 1 is 1.08 bits per heavy atom. The fourth-order valence-corrected chi connectivity index (χ4v) is 3.92. The van der Waals surface area contributed by atoms with Crippen LogP contribution < -0.4 is 4.74 Å². The Labute approximate surface area is 213 Å². The van der Waals surface area contributed by atoms with Crippen molar-refractivity contribution >= 4 is 16.9 Å². The van der Waals surface area contributed by atoms with Gasteiger partial charge in [-0.05, 0) is 61.9 Å². The van der Waals surface area contributed by atoms with Crippen molar-refractivity contribution in [3.05, 3.63) is 66.2 Å². The second kappa shape index (κ2) is 13.3. The SMILES string of the molecule is C=CC(=O)OCCCCC(CO)COc1ccc2cc(-c3ccc(CCCO)cc3C(F)(F)F)oc2c1. The third-order valence-electron chi connectivity index (χ3n) is 5.93. The van der Waals surface area contributed by atoms with Crippen LogP contribution in [0.3, 0.4) is 0 Å². The van der Waals surface area contributed by atoms with E-state index in [9.17, 15) is 23.1 Å². The summed E-state index contributed by atoms with van der Waals surface area (Å²) in [6, 6.07) is 10.7. The fourth-order valence-electron chi connectivity index (χ4n) is 3.92. The zero-order valence-electron chi connectivity index (χ0n) is 20.4. The molecule has 2 aromatic carbocycles. The number of aryl methyl sites for hydroxylation is 1. The molecule has 2 N–H and O–H groups in total. The maximum Gasteiger partial charge on any atom is 0.417 e. The highest BCUT2D eigenvalue weighted by Crippen LogP contribution is 2.40. The van der Waals surface area contributed by atoms with E-state index in [4.69, 9.17) is 19.0 Å². The van der Waals surface area contributed by atoms with Crippen molar-refractivity contribution in [2.24, 2.45) is 5.92 Å². The van der Waals surface area contributed by atoms with Gasteiger partial charge in [-0.15, -0.1) is 0 Å². The number of carbonyl (C=O) groups is 1. The number of rotatable bonds is 14. The fraction of sp³-hybridized carbons (Fsp3) is 0.393. The third kappa shape index (κ3) is 8.10. The van der Waals surface area contributed by atoms with E-state index in [1.54, 1.807) is 30.3 Å². The Morgan fingerprint density at radius 3 is 2.59 bits per heavy atom. The van der Waals surface area contributed by atoms with E-state index in [-0.39, 0.29) is 43.7 Å². The maximum atomic E-state index is 13.8. The summed E-state index contributed by atoms with van der Waals surface area (Å²) in [5.41, 5.74) is 0.0317. The molecule has 0 amide bonds. The van der Waals surface area contributed by atoms with Crippen molar-refractivity contribution in [2.45, 2.75) is 38.3 Å². The molecule has 1 heterocycles. The van der Waals surface area contributed by atoms with Crippen LogP contribution in [0.5, 0.6) is 5.75 Å². The lowest BCUT2D eigenvalue weighted by atomic mass is 9.99. The van der Waals surface area contributed by atoms with Crippen LogP contribution in [0.2, 0.25) is 0 Å². The molecular formula is C28H31F3O6. The van der Waals surface area contributed by atoms with Crippen LogP contribution in [0.4, 0.5) is 13.2 Å². The van der Waals surface area contributed by atoms with Crippen molar-refractivity contribution in [1.29, 1.82) is 0 Å². The van der Waals surface area contributed by atoms with Crippen molar-refractivity contribution in [2.75, 3.05) is 26.4 Å². The molecule has 0 spiro atoms. The Balaban J connectivity index is 1.67. The largest absolute Gasteiger partial charge is 0.493 e. The van der Waals surface area contributed by atoms with E-state index in [2.05, 4.69) is 6.58 Å². The van der Waals surface area contributed by atoms with Gasteiger partial charge in [-0.3, -0.25) is 0 Å². The first kappa shape index (κ1) is 28.3. The van der Waals surface area contributed by atoms with Gasteiger partial charge in [0.25, 0.3) is 0 Å². The van der Waals surface area contributed by atoms with Gasteiger partial charge >= 0.3 is 12.1 Å². The van der Waals surface area contributed by atoms with Crippen molar-refractivity contribution < 1.29 is 42.1 Å². The standard InChI is InChI=1S/C28H31F3O6/c1-2-27(34)35-13-4-3-6-20(17-33)18-36-22-10-9-21-15-26(37-25(21)16-22)23-11-8-19(7-5-12-32)14-24(23)28(29,30)31/h2,8-11,14-16,20,32-33H,1,3-7,12-13,17-18H2. The van der Waals surface area contributed by atoms with Crippen molar-refractivity contribution in [1.82, 2.24) is 0 Å². The summed E-state index contributed by atoms with van der Waals surface area (Å²) in [5.74, 6) is -0.0272. The van der Waals surface area contributed by atoms with Crippen molar-refractivity contribution in [3.63, 3.8) is 0 Å². The number of ether oxygens (including phenoxy) is 2. The van der Waals surface area contributed by atoms with Gasteiger partial charge in [0.05, 0.1) is 18.8 Å². The second-order valence-electron chi connectivity index (χ2n) is 8.74. The molecule has 0 fully saturated rings. The lowest BCUT2D eigenvalue weighted by Crippen LogP contribution is -2.16. The topological polar surface area (TPSA) is 89.1 Å². The minimum atomic E-state index is -4.57. The molecule has 0 bridgehead atoms. The molecule has 6 nitrogen and oxygen atoms in total. The van der Waals surface area contributed by atoms with Crippen LogP contribution in [0, 0.1) is 5.92 Å². The number of fused-ring (bicyclic) bond motifs is 1. The average Bonchev–Trinajstić information content (AvgIpc) is 3.31. The molecule has 1 atom stereocenters. The predicted molar refractivity (Wildman–Crippen MR) is 133 cm³/mol. The smallest absolute Gasteiger partial charge is 0.417 e. The van der Waals surface area contributed by atoms with Crippen LogP contribution in [-0.4, -0.2) is 42.6 Å². The second-order valence-corrected chi connectivity index (χ2v) is 8.74. The zero-order valence-corrected chi connectivity index (χ0v) is 20.4. The van der Waals surface area contributed by atoms with E-state index in [1.807, 2.05) is 0 Å². The molecule has 0 aliphatic rings. The molecule has 3 aromatic rings. The van der Waals surface area contributed by atoms with Gasteiger partial charge in [0, 0.05) is 42.2 Å². The van der Waals surface area contributed by atoms with Gasteiger partial charge in [-0.1, -0.05) is 18.7 Å². The molecule has 0 radical (unpaired) electrons. The highest BCUT2D eigenvalue weighted by atomic mass is 19.4. The van der Waals surface area contributed by atoms with Crippen LogP contribution >= 0.6 is 0 Å². The van der Waals surface area contributed by atoms with Gasteiger partial charge in [0.1, 0.15) is 17.1 Å². The van der Waals surface area contributed by atoms with Crippen molar-refractivity contribution in [3.8, 4) is 17.1 Å². The summed E-state index contributed by atoms with van der Waals surface area (Å²) >= 11 is 0. The zero-order chi connectivity index (χ0) is 26.8. The summed E-state index contributed by atoms with van der Waals surface area (Å²) in [6.45, 7) is 3.69. The number of aliphatic hydroxyl groups excluding tert-OH is 2.